The number of esters is 1. The van der Waals surface area contributed by atoms with Crippen LogP contribution in [0.2, 0.25) is 0 Å². The predicted octanol–water partition coefficient (Wildman–Crippen LogP) is 5.03. The van der Waals surface area contributed by atoms with Crippen molar-refractivity contribution in [3.63, 3.8) is 0 Å². The molecule has 0 saturated carbocycles. The van der Waals surface area contributed by atoms with Crippen molar-refractivity contribution in [2.45, 2.75) is 20.0 Å². The molecule has 2 aromatic heterocycles. The van der Waals surface area contributed by atoms with Gasteiger partial charge in [0.25, 0.3) is 5.56 Å². The van der Waals surface area contributed by atoms with Crippen LogP contribution in [0.25, 0.3) is 33.5 Å². The molecule has 3 aromatic carbocycles. The molecule has 0 N–H and O–H groups in total. The Hall–Kier alpha value is -4.92. The number of para-hydroxylation sites is 2. The summed E-state index contributed by atoms with van der Waals surface area (Å²) in [5, 5.41) is 5.81. The van der Waals surface area contributed by atoms with Gasteiger partial charge in [-0.3, -0.25) is 4.79 Å². The summed E-state index contributed by atoms with van der Waals surface area (Å²) in [6, 6.07) is 21.6. The fraction of sp³-hybridized carbons (Fsp3) is 0.172. The number of rotatable bonds is 8. The van der Waals surface area contributed by atoms with Crippen molar-refractivity contribution < 1.29 is 23.4 Å². The number of furan rings is 1. The summed E-state index contributed by atoms with van der Waals surface area (Å²) in [7, 11) is 1.30. The van der Waals surface area contributed by atoms with E-state index in [-0.39, 0.29) is 11.4 Å². The molecule has 0 saturated heterocycles. The lowest BCUT2D eigenvalue weighted by Crippen LogP contribution is -2.25. The third-order valence-corrected chi connectivity index (χ3v) is 5.83. The zero-order valence-electron chi connectivity index (χ0n) is 21.1. The van der Waals surface area contributed by atoms with Gasteiger partial charge in [-0.2, -0.15) is 9.78 Å². The van der Waals surface area contributed by atoms with Crippen LogP contribution in [0.3, 0.4) is 0 Å². The zero-order chi connectivity index (χ0) is 26.6. The first-order valence-corrected chi connectivity index (χ1v) is 12.0. The van der Waals surface area contributed by atoms with Gasteiger partial charge in [0.1, 0.15) is 5.58 Å². The number of carbonyl (C=O) groups excluding carboxylic acids is 1. The van der Waals surface area contributed by atoms with Crippen LogP contribution in [0.5, 0.6) is 11.5 Å². The number of methoxy groups -OCH3 is 1. The van der Waals surface area contributed by atoms with Gasteiger partial charge in [-0.05, 0) is 61.9 Å². The van der Waals surface area contributed by atoms with Gasteiger partial charge < -0.3 is 18.6 Å². The minimum absolute atomic E-state index is 0.276. The van der Waals surface area contributed by atoms with E-state index in [4.69, 9.17) is 23.6 Å². The Kier molecular flexibility index (Phi) is 6.90. The van der Waals surface area contributed by atoms with E-state index in [2.05, 4.69) is 5.10 Å². The van der Waals surface area contributed by atoms with Gasteiger partial charge in [0.05, 0.1) is 30.8 Å². The number of aromatic nitrogens is 2. The van der Waals surface area contributed by atoms with Crippen molar-refractivity contribution in [1.82, 2.24) is 9.66 Å². The molecule has 0 amide bonds. The first kappa shape index (κ1) is 24.8. The first-order chi connectivity index (χ1) is 18.5. The van der Waals surface area contributed by atoms with Crippen LogP contribution >= 0.6 is 0 Å². The van der Waals surface area contributed by atoms with Gasteiger partial charge in [0, 0.05) is 5.39 Å². The van der Waals surface area contributed by atoms with Crippen LogP contribution < -0.4 is 15.0 Å². The van der Waals surface area contributed by atoms with Crippen molar-refractivity contribution in [1.29, 1.82) is 0 Å². The minimum Gasteiger partial charge on any atom is -0.490 e. The molecule has 0 spiro atoms. The lowest BCUT2D eigenvalue weighted by molar-refractivity contribution is -0.147. The molecular formula is C29H25N3O6. The summed E-state index contributed by atoms with van der Waals surface area (Å²) in [6.07, 6.45) is 0.715. The van der Waals surface area contributed by atoms with E-state index in [0.29, 0.717) is 45.9 Å². The maximum Gasteiger partial charge on any atom is 0.346 e. The molecule has 0 aliphatic rings. The summed E-state index contributed by atoms with van der Waals surface area (Å²) in [5.41, 5.74) is 1.53. The van der Waals surface area contributed by atoms with E-state index < -0.39 is 12.1 Å². The monoisotopic (exact) mass is 511 g/mol. The Morgan fingerprint density at radius 1 is 1.08 bits per heavy atom. The van der Waals surface area contributed by atoms with Gasteiger partial charge in [-0.25, -0.2) is 9.78 Å². The molecule has 9 heteroatoms. The van der Waals surface area contributed by atoms with Crippen LogP contribution in [0, 0.1) is 0 Å². The molecule has 1 atom stereocenters. The number of nitrogens with zero attached hydrogens (tertiary/aromatic N) is 3. The molecule has 0 aliphatic heterocycles. The van der Waals surface area contributed by atoms with Crippen molar-refractivity contribution in [2.24, 2.45) is 5.10 Å². The summed E-state index contributed by atoms with van der Waals surface area (Å²) >= 11 is 0. The highest BCUT2D eigenvalue weighted by Gasteiger charge is 2.18. The highest BCUT2D eigenvalue weighted by Crippen LogP contribution is 2.30. The zero-order valence-corrected chi connectivity index (χ0v) is 21.1. The lowest BCUT2D eigenvalue weighted by Gasteiger charge is -2.16. The average molecular weight is 512 g/mol. The minimum atomic E-state index is -0.813. The van der Waals surface area contributed by atoms with Crippen LogP contribution in [-0.2, 0) is 9.53 Å². The molecule has 9 nitrogen and oxygen atoms in total. The third-order valence-electron chi connectivity index (χ3n) is 5.83. The van der Waals surface area contributed by atoms with Crippen molar-refractivity contribution >= 4 is 34.1 Å². The van der Waals surface area contributed by atoms with Crippen molar-refractivity contribution in [3.8, 4) is 23.1 Å². The topological polar surface area (TPSA) is 105 Å². The number of carbonyl (C=O) groups is 1. The second-order valence-corrected chi connectivity index (χ2v) is 8.38. The number of ether oxygens (including phenoxy) is 3. The van der Waals surface area contributed by atoms with Crippen LogP contribution in [0.4, 0.5) is 0 Å². The number of fused-ring (bicyclic) bond motifs is 2. The van der Waals surface area contributed by atoms with Crippen LogP contribution in [-0.4, -0.2) is 41.7 Å². The summed E-state index contributed by atoms with van der Waals surface area (Å²) in [4.78, 5) is 30.0. The summed E-state index contributed by atoms with van der Waals surface area (Å²) in [6.45, 7) is 3.82. The van der Waals surface area contributed by atoms with Gasteiger partial charge >= 0.3 is 5.97 Å². The molecule has 0 radical (unpaired) electrons. The summed E-state index contributed by atoms with van der Waals surface area (Å²) < 4.78 is 23.4. The van der Waals surface area contributed by atoms with Gasteiger partial charge in [-0.1, -0.05) is 30.3 Å². The largest absolute Gasteiger partial charge is 0.490 e. The number of hydrogen-bond donors (Lipinski definition) is 0. The first-order valence-electron chi connectivity index (χ1n) is 12.0. The second-order valence-electron chi connectivity index (χ2n) is 8.38. The Bertz CT molecular complexity index is 1690. The maximum absolute atomic E-state index is 13.5. The van der Waals surface area contributed by atoms with Gasteiger partial charge in [-0.15, -0.1) is 0 Å². The Morgan fingerprint density at radius 3 is 2.66 bits per heavy atom. The molecule has 0 bridgehead atoms. The van der Waals surface area contributed by atoms with Crippen LogP contribution in [0.1, 0.15) is 19.4 Å². The SMILES string of the molecule is CCOc1cc(C=Nn2c(-c3cc4ccccc4o3)nc3ccccc3c2=O)ccc1O[C@H](C)C(=O)OC. The fourth-order valence-electron chi connectivity index (χ4n) is 3.98. The number of benzene rings is 3. The maximum atomic E-state index is 13.5. The van der Waals surface area contributed by atoms with E-state index in [9.17, 15) is 9.59 Å². The fourth-order valence-corrected chi connectivity index (χ4v) is 3.98. The van der Waals surface area contributed by atoms with E-state index >= 15 is 0 Å². The van der Waals surface area contributed by atoms with Gasteiger partial charge in [0.15, 0.2) is 23.4 Å². The molecule has 2 heterocycles. The number of hydrogen-bond acceptors (Lipinski definition) is 8. The second kappa shape index (κ2) is 10.6. The van der Waals surface area contributed by atoms with E-state index in [1.807, 2.05) is 43.3 Å². The molecule has 38 heavy (non-hydrogen) atoms. The third kappa shape index (κ3) is 4.86. The van der Waals surface area contributed by atoms with Gasteiger partial charge in [0.2, 0.25) is 5.82 Å². The Balaban J connectivity index is 1.57. The predicted molar refractivity (Wildman–Crippen MR) is 144 cm³/mol. The molecule has 192 valence electrons. The molecule has 0 aliphatic carbocycles. The summed E-state index contributed by atoms with van der Waals surface area (Å²) in [5.74, 6) is 1.00. The molecule has 5 aromatic rings. The van der Waals surface area contributed by atoms with Crippen molar-refractivity contribution in [3.05, 3.63) is 88.7 Å². The van der Waals surface area contributed by atoms with E-state index in [0.717, 1.165) is 5.39 Å². The van der Waals surface area contributed by atoms with Crippen LogP contribution in [0.15, 0.2) is 87.1 Å². The standard InChI is InChI=1S/C29H25N3O6/c1-4-36-25-15-19(13-14-24(25)37-18(2)29(34)35-3)17-30-32-27(26-16-20-9-5-8-12-23(20)38-26)31-22-11-7-6-10-21(22)28(32)33/h5-18H,4H2,1-3H3/t18-/m1/s1. The van der Waals surface area contributed by atoms with E-state index in [1.165, 1.54) is 18.0 Å². The average Bonchev–Trinajstić information content (AvgIpc) is 3.37. The normalized spacial score (nSPS) is 12.2. The molecule has 0 unspecified atom stereocenters. The Morgan fingerprint density at radius 2 is 1.87 bits per heavy atom. The van der Waals surface area contributed by atoms with Crippen molar-refractivity contribution in [2.75, 3.05) is 13.7 Å². The Labute approximate surface area is 217 Å². The molecule has 5 rings (SSSR count). The smallest absolute Gasteiger partial charge is 0.346 e. The quantitative estimate of drug-likeness (QED) is 0.212. The highest BCUT2D eigenvalue weighted by atomic mass is 16.6. The highest BCUT2D eigenvalue weighted by molar-refractivity contribution is 5.85. The van der Waals surface area contributed by atoms with E-state index in [1.54, 1.807) is 43.3 Å². The molecule has 0 fully saturated rings. The molecular weight excluding hydrogens is 486 g/mol. The lowest BCUT2D eigenvalue weighted by atomic mass is 10.2.